The van der Waals surface area contributed by atoms with Gasteiger partial charge in [-0.1, -0.05) is 42.4 Å². The van der Waals surface area contributed by atoms with Crippen molar-refractivity contribution in [2.75, 3.05) is 19.3 Å². The van der Waals surface area contributed by atoms with Gasteiger partial charge in [-0.3, -0.25) is 14.4 Å². The van der Waals surface area contributed by atoms with Crippen LogP contribution in [0.25, 0.3) is 0 Å². The molecule has 5 nitrogen and oxygen atoms in total. The van der Waals surface area contributed by atoms with Gasteiger partial charge in [-0.2, -0.15) is 0 Å². The number of aldehydes is 1. The Balaban J connectivity index is 4.05. The summed E-state index contributed by atoms with van der Waals surface area (Å²) in [5.74, 6) is 0.220. The maximum atomic E-state index is 11.8. The number of allylic oxidation sites excluding steroid dienone is 1. The summed E-state index contributed by atoms with van der Waals surface area (Å²) in [5.41, 5.74) is 0. The average Bonchev–Trinajstić information content (AvgIpc) is 2.33. The molecule has 0 bridgehead atoms. The Morgan fingerprint density at radius 1 is 1.33 bits per heavy atom. The molecule has 7 heteroatoms. The van der Waals surface area contributed by atoms with Gasteiger partial charge in [-0.25, -0.2) is 0 Å². The van der Waals surface area contributed by atoms with Gasteiger partial charge in [0.15, 0.2) is 0 Å². The van der Waals surface area contributed by atoms with Crippen LogP contribution in [-0.4, -0.2) is 53.1 Å². The van der Waals surface area contributed by atoms with Gasteiger partial charge >= 0.3 is 0 Å². The summed E-state index contributed by atoms with van der Waals surface area (Å²) in [5, 5.41) is 2.85. The highest BCUT2D eigenvalue weighted by Gasteiger charge is 2.15. The van der Waals surface area contributed by atoms with E-state index in [4.69, 9.17) is 0 Å². The largest absolute Gasteiger partial charge is 0.351 e. The minimum Gasteiger partial charge on any atom is -0.351 e. The van der Waals surface area contributed by atoms with Gasteiger partial charge in [0.1, 0.15) is 6.29 Å². The molecular formula is C14H24N2O3S2. The van der Waals surface area contributed by atoms with E-state index in [9.17, 15) is 14.4 Å². The molecule has 0 spiro atoms. The third kappa shape index (κ3) is 11.4. The fourth-order valence-corrected chi connectivity index (χ4v) is 3.80. The van der Waals surface area contributed by atoms with Crippen molar-refractivity contribution in [1.29, 1.82) is 0 Å². The van der Waals surface area contributed by atoms with E-state index in [1.54, 1.807) is 21.6 Å². The standard InChI is InChI=1S/C14H24N2O3S2/c1-11(10-20-21-14(2,3)4)15-12(18)9-16(5)13(19)7-6-8-17/h6-8,11H,9-10H2,1-5H3,(H,15,18)/b7-6-. The number of carbonyl (C=O) groups excluding carboxylic acids is 3. The lowest BCUT2D eigenvalue weighted by Gasteiger charge is -2.20. The van der Waals surface area contributed by atoms with Gasteiger partial charge in [-0.05, 0) is 13.0 Å². The minimum absolute atomic E-state index is 0.0244. The van der Waals surface area contributed by atoms with E-state index >= 15 is 0 Å². The normalized spacial score (nSPS) is 13.0. The molecular weight excluding hydrogens is 308 g/mol. The maximum Gasteiger partial charge on any atom is 0.246 e. The fourth-order valence-electron chi connectivity index (χ4n) is 1.22. The number of nitrogens with zero attached hydrogens (tertiary/aromatic N) is 1. The Morgan fingerprint density at radius 2 is 1.95 bits per heavy atom. The first-order valence-corrected chi connectivity index (χ1v) is 8.94. The first-order chi connectivity index (χ1) is 9.65. The lowest BCUT2D eigenvalue weighted by molar-refractivity contribution is -0.131. The number of likely N-dealkylation sites (N-methyl/N-ethyl adjacent to an activating group) is 1. The molecule has 0 heterocycles. The summed E-state index contributed by atoms with van der Waals surface area (Å²) in [6.07, 6.45) is 2.78. The number of hydrogen-bond donors (Lipinski definition) is 1. The maximum absolute atomic E-state index is 11.8. The van der Waals surface area contributed by atoms with Crippen molar-refractivity contribution >= 4 is 39.7 Å². The smallest absolute Gasteiger partial charge is 0.246 e. The number of rotatable bonds is 8. The van der Waals surface area contributed by atoms with Crippen LogP contribution in [0.1, 0.15) is 27.7 Å². The van der Waals surface area contributed by atoms with Gasteiger partial charge in [0.05, 0.1) is 6.54 Å². The molecule has 1 N–H and O–H groups in total. The van der Waals surface area contributed by atoms with Crippen LogP contribution in [-0.2, 0) is 14.4 Å². The van der Waals surface area contributed by atoms with E-state index in [1.165, 1.54) is 11.9 Å². The predicted molar refractivity (Wildman–Crippen MR) is 90.2 cm³/mol. The topological polar surface area (TPSA) is 66.5 Å². The second kappa shape index (κ2) is 9.89. The van der Waals surface area contributed by atoms with Gasteiger partial charge in [0, 0.05) is 29.7 Å². The Kier molecular flexibility index (Phi) is 9.44. The highest BCUT2D eigenvalue weighted by molar-refractivity contribution is 8.77. The molecule has 0 aromatic carbocycles. The van der Waals surface area contributed by atoms with Crippen LogP contribution in [0.2, 0.25) is 0 Å². The van der Waals surface area contributed by atoms with E-state index in [0.29, 0.717) is 6.29 Å². The van der Waals surface area contributed by atoms with Crippen molar-refractivity contribution in [2.24, 2.45) is 0 Å². The van der Waals surface area contributed by atoms with E-state index in [-0.39, 0.29) is 29.1 Å². The lowest BCUT2D eigenvalue weighted by atomic mass is 10.3. The molecule has 0 rings (SSSR count). The molecule has 1 atom stereocenters. The zero-order valence-electron chi connectivity index (χ0n) is 13.2. The number of nitrogens with one attached hydrogen (secondary N) is 1. The van der Waals surface area contributed by atoms with Crippen molar-refractivity contribution in [3.63, 3.8) is 0 Å². The summed E-state index contributed by atoms with van der Waals surface area (Å²) < 4.78 is 0.186. The van der Waals surface area contributed by atoms with Crippen molar-refractivity contribution in [2.45, 2.75) is 38.5 Å². The second-order valence-electron chi connectivity index (χ2n) is 5.64. The van der Waals surface area contributed by atoms with Crippen LogP contribution in [0.3, 0.4) is 0 Å². The SMILES string of the molecule is CC(CSSC(C)(C)C)NC(=O)CN(C)C(=O)/C=C\C=O. The second-order valence-corrected chi connectivity index (χ2v) is 8.81. The minimum atomic E-state index is -0.373. The van der Waals surface area contributed by atoms with E-state index in [2.05, 4.69) is 26.1 Å². The van der Waals surface area contributed by atoms with Crippen molar-refractivity contribution in [1.82, 2.24) is 10.2 Å². The molecule has 1 unspecified atom stereocenters. The Bertz CT molecular complexity index is 392. The highest BCUT2D eigenvalue weighted by Crippen LogP contribution is 2.35. The van der Waals surface area contributed by atoms with Gasteiger partial charge < -0.3 is 10.2 Å². The third-order valence-electron chi connectivity index (χ3n) is 2.11. The van der Waals surface area contributed by atoms with Crippen LogP contribution in [0.5, 0.6) is 0 Å². The molecule has 21 heavy (non-hydrogen) atoms. The Morgan fingerprint density at radius 3 is 2.48 bits per heavy atom. The van der Waals surface area contributed by atoms with E-state index < -0.39 is 0 Å². The first kappa shape index (κ1) is 20.1. The third-order valence-corrected chi connectivity index (χ3v) is 5.62. The van der Waals surface area contributed by atoms with Crippen LogP contribution >= 0.6 is 21.6 Å². The summed E-state index contributed by atoms with van der Waals surface area (Å²) in [7, 11) is 5.01. The monoisotopic (exact) mass is 332 g/mol. The highest BCUT2D eigenvalue weighted by atomic mass is 33.1. The Hall–Kier alpha value is -0.950. The van der Waals surface area contributed by atoms with Gasteiger partial charge in [0.25, 0.3) is 0 Å². The quantitative estimate of drug-likeness (QED) is 0.418. The number of hydrogen-bond acceptors (Lipinski definition) is 5. The molecule has 0 aromatic rings. The van der Waals surface area contributed by atoms with Gasteiger partial charge in [0.2, 0.25) is 11.8 Å². The first-order valence-electron chi connectivity index (χ1n) is 6.62. The van der Waals surface area contributed by atoms with Crippen molar-refractivity contribution in [3.05, 3.63) is 12.2 Å². The number of carbonyl (C=O) groups is 3. The van der Waals surface area contributed by atoms with Gasteiger partial charge in [-0.15, -0.1) is 0 Å². The van der Waals surface area contributed by atoms with E-state index in [1.807, 2.05) is 6.92 Å². The molecule has 0 aliphatic heterocycles. The summed E-state index contributed by atoms with van der Waals surface area (Å²) in [6, 6.07) is 0.0337. The van der Waals surface area contributed by atoms with Crippen molar-refractivity contribution in [3.8, 4) is 0 Å². The van der Waals surface area contributed by atoms with Crippen LogP contribution < -0.4 is 5.32 Å². The van der Waals surface area contributed by atoms with Crippen LogP contribution in [0.15, 0.2) is 12.2 Å². The van der Waals surface area contributed by atoms with Crippen LogP contribution in [0.4, 0.5) is 0 Å². The molecule has 120 valence electrons. The van der Waals surface area contributed by atoms with E-state index in [0.717, 1.165) is 17.9 Å². The summed E-state index contributed by atoms with van der Waals surface area (Å²) in [4.78, 5) is 34.7. The molecule has 0 fully saturated rings. The summed E-state index contributed by atoms with van der Waals surface area (Å²) in [6.45, 7) is 8.33. The Labute approximate surface area is 134 Å². The molecule has 0 aliphatic carbocycles. The molecule has 0 saturated heterocycles. The molecule has 0 aromatic heterocycles. The molecule has 0 saturated carbocycles. The average molecular weight is 332 g/mol. The fraction of sp³-hybridized carbons (Fsp3) is 0.643. The lowest BCUT2D eigenvalue weighted by Crippen LogP contribution is -2.42. The molecule has 0 aliphatic rings. The van der Waals surface area contributed by atoms with Crippen LogP contribution in [0, 0.1) is 0 Å². The van der Waals surface area contributed by atoms with Crippen molar-refractivity contribution < 1.29 is 14.4 Å². The molecule has 0 radical (unpaired) electrons. The number of amides is 2. The zero-order chi connectivity index (χ0) is 16.5. The zero-order valence-corrected chi connectivity index (χ0v) is 14.8. The molecule has 2 amide bonds. The summed E-state index contributed by atoms with van der Waals surface area (Å²) >= 11 is 0. The predicted octanol–water partition coefficient (Wildman–Crippen LogP) is 1.88.